The molecule has 0 amide bonds. The number of halogens is 1. The molecular formula is C11H12FN3O. The van der Waals surface area contributed by atoms with Gasteiger partial charge in [0.1, 0.15) is 17.9 Å². The van der Waals surface area contributed by atoms with Crippen LogP contribution < -0.4 is 4.74 Å². The van der Waals surface area contributed by atoms with Crippen LogP contribution >= 0.6 is 0 Å². The van der Waals surface area contributed by atoms with Crippen LogP contribution in [0.3, 0.4) is 0 Å². The minimum atomic E-state index is -0.359. The summed E-state index contributed by atoms with van der Waals surface area (Å²) in [6, 6.07) is 4.68. The molecule has 0 fully saturated rings. The zero-order valence-electron chi connectivity index (χ0n) is 9.14. The average molecular weight is 221 g/mol. The van der Waals surface area contributed by atoms with E-state index in [1.165, 1.54) is 13.2 Å². The van der Waals surface area contributed by atoms with E-state index in [0.717, 1.165) is 0 Å². The molecule has 0 aliphatic carbocycles. The molecule has 16 heavy (non-hydrogen) atoms. The Morgan fingerprint density at radius 3 is 2.94 bits per heavy atom. The topological polar surface area (TPSA) is 39.9 Å². The molecule has 2 rings (SSSR count). The predicted molar refractivity (Wildman–Crippen MR) is 57.6 cm³/mol. The molecule has 0 saturated carbocycles. The number of methoxy groups -OCH3 is 1. The molecule has 0 N–H and O–H groups in total. The maximum atomic E-state index is 13.8. The molecule has 1 heterocycles. The van der Waals surface area contributed by atoms with Crippen molar-refractivity contribution >= 4 is 0 Å². The highest BCUT2D eigenvalue weighted by molar-refractivity contribution is 5.64. The van der Waals surface area contributed by atoms with Crippen LogP contribution in [0.25, 0.3) is 11.4 Å². The molecule has 2 aromatic rings. The van der Waals surface area contributed by atoms with Crippen LogP contribution in [0.1, 0.15) is 6.92 Å². The quantitative estimate of drug-likeness (QED) is 0.797. The van der Waals surface area contributed by atoms with Crippen LogP contribution in [-0.4, -0.2) is 21.9 Å². The van der Waals surface area contributed by atoms with E-state index in [4.69, 9.17) is 4.74 Å². The molecule has 0 atom stereocenters. The normalized spacial score (nSPS) is 10.4. The summed E-state index contributed by atoms with van der Waals surface area (Å²) in [7, 11) is 1.50. The van der Waals surface area contributed by atoms with Gasteiger partial charge >= 0.3 is 0 Å². The number of benzene rings is 1. The Morgan fingerprint density at radius 1 is 1.44 bits per heavy atom. The third-order valence-electron chi connectivity index (χ3n) is 2.38. The van der Waals surface area contributed by atoms with E-state index >= 15 is 0 Å². The van der Waals surface area contributed by atoms with Crippen LogP contribution in [0.15, 0.2) is 24.5 Å². The smallest absolute Gasteiger partial charge is 0.170 e. The summed E-state index contributed by atoms with van der Waals surface area (Å²) in [6.45, 7) is 2.63. The summed E-state index contributed by atoms with van der Waals surface area (Å²) in [5.41, 5.74) is 0.351. The van der Waals surface area contributed by atoms with Gasteiger partial charge in [-0.05, 0) is 19.1 Å². The molecular weight excluding hydrogens is 209 g/mol. The van der Waals surface area contributed by atoms with Crippen LogP contribution in [-0.2, 0) is 6.54 Å². The fraction of sp³-hybridized carbons (Fsp3) is 0.273. The third kappa shape index (κ3) is 1.64. The Balaban J connectivity index is 2.63. The molecule has 4 nitrogen and oxygen atoms in total. The maximum Gasteiger partial charge on any atom is 0.170 e. The lowest BCUT2D eigenvalue weighted by Gasteiger charge is -2.09. The van der Waals surface area contributed by atoms with Gasteiger partial charge in [-0.3, -0.25) is 0 Å². The van der Waals surface area contributed by atoms with Crippen molar-refractivity contribution in [2.24, 2.45) is 0 Å². The van der Waals surface area contributed by atoms with Crippen molar-refractivity contribution < 1.29 is 9.13 Å². The fourth-order valence-corrected chi connectivity index (χ4v) is 1.57. The van der Waals surface area contributed by atoms with Crippen molar-refractivity contribution in [3.8, 4) is 17.1 Å². The minimum absolute atomic E-state index is 0.351. The van der Waals surface area contributed by atoms with Gasteiger partial charge in [-0.1, -0.05) is 6.07 Å². The average Bonchev–Trinajstić information content (AvgIpc) is 2.76. The Bertz CT molecular complexity index is 496. The van der Waals surface area contributed by atoms with Gasteiger partial charge in [0.2, 0.25) is 0 Å². The highest BCUT2D eigenvalue weighted by Crippen LogP contribution is 2.30. The molecule has 1 aromatic heterocycles. The van der Waals surface area contributed by atoms with Crippen molar-refractivity contribution in [2.45, 2.75) is 13.5 Å². The minimum Gasteiger partial charge on any atom is -0.496 e. The first-order valence-electron chi connectivity index (χ1n) is 4.98. The highest BCUT2D eigenvalue weighted by Gasteiger charge is 2.16. The molecule has 5 heteroatoms. The summed E-state index contributed by atoms with van der Waals surface area (Å²) in [5, 5.41) is 7.70. The summed E-state index contributed by atoms with van der Waals surface area (Å²) in [4.78, 5) is 0. The summed E-state index contributed by atoms with van der Waals surface area (Å²) < 4.78 is 20.6. The monoisotopic (exact) mass is 221 g/mol. The van der Waals surface area contributed by atoms with Crippen molar-refractivity contribution in [3.63, 3.8) is 0 Å². The number of aromatic nitrogens is 3. The van der Waals surface area contributed by atoms with Gasteiger partial charge in [-0.15, -0.1) is 10.2 Å². The lowest BCUT2D eigenvalue weighted by atomic mass is 10.1. The van der Waals surface area contributed by atoms with E-state index in [-0.39, 0.29) is 5.82 Å². The lowest BCUT2D eigenvalue weighted by molar-refractivity contribution is 0.412. The number of aryl methyl sites for hydroxylation is 1. The standard InChI is InChI=1S/C11H12FN3O/c1-3-15-7-13-14-11(15)10-8(12)5-4-6-9(10)16-2/h4-7H,3H2,1-2H3. The molecule has 0 bridgehead atoms. The first-order chi connectivity index (χ1) is 7.77. The van der Waals surface area contributed by atoms with Crippen molar-refractivity contribution in [2.75, 3.05) is 7.11 Å². The predicted octanol–water partition coefficient (Wildman–Crippen LogP) is 2.11. The highest BCUT2D eigenvalue weighted by atomic mass is 19.1. The molecule has 0 aliphatic rings. The van der Waals surface area contributed by atoms with Crippen LogP contribution in [0.2, 0.25) is 0 Å². The van der Waals surface area contributed by atoms with E-state index in [0.29, 0.717) is 23.7 Å². The Hall–Kier alpha value is -1.91. The van der Waals surface area contributed by atoms with Crippen LogP contribution in [0.4, 0.5) is 4.39 Å². The van der Waals surface area contributed by atoms with E-state index in [9.17, 15) is 4.39 Å². The first kappa shape index (κ1) is 10.6. The Morgan fingerprint density at radius 2 is 2.25 bits per heavy atom. The molecule has 0 aliphatic heterocycles. The molecule has 0 spiro atoms. The van der Waals surface area contributed by atoms with Gasteiger partial charge in [0.05, 0.1) is 12.7 Å². The van der Waals surface area contributed by atoms with Crippen LogP contribution in [0.5, 0.6) is 5.75 Å². The van der Waals surface area contributed by atoms with E-state index < -0.39 is 0 Å². The van der Waals surface area contributed by atoms with Crippen molar-refractivity contribution in [1.29, 1.82) is 0 Å². The molecule has 0 saturated heterocycles. The third-order valence-corrected chi connectivity index (χ3v) is 2.38. The fourth-order valence-electron chi connectivity index (χ4n) is 1.57. The number of hydrogen-bond acceptors (Lipinski definition) is 3. The first-order valence-corrected chi connectivity index (χ1v) is 4.98. The van der Waals surface area contributed by atoms with E-state index in [1.54, 1.807) is 23.0 Å². The number of rotatable bonds is 3. The maximum absolute atomic E-state index is 13.8. The van der Waals surface area contributed by atoms with E-state index in [1.807, 2.05) is 6.92 Å². The van der Waals surface area contributed by atoms with Gasteiger partial charge in [0.25, 0.3) is 0 Å². The van der Waals surface area contributed by atoms with Gasteiger partial charge in [-0.2, -0.15) is 0 Å². The second-order valence-electron chi connectivity index (χ2n) is 3.26. The molecule has 84 valence electrons. The molecule has 1 aromatic carbocycles. The van der Waals surface area contributed by atoms with Gasteiger partial charge < -0.3 is 9.30 Å². The largest absolute Gasteiger partial charge is 0.496 e. The number of hydrogen-bond donors (Lipinski definition) is 0. The van der Waals surface area contributed by atoms with Crippen molar-refractivity contribution in [3.05, 3.63) is 30.3 Å². The van der Waals surface area contributed by atoms with Crippen LogP contribution in [0, 0.1) is 5.82 Å². The second-order valence-corrected chi connectivity index (χ2v) is 3.26. The van der Waals surface area contributed by atoms with E-state index in [2.05, 4.69) is 10.2 Å². The summed E-state index contributed by atoms with van der Waals surface area (Å²) in [5.74, 6) is 0.585. The number of ether oxygens (including phenoxy) is 1. The van der Waals surface area contributed by atoms with Gasteiger partial charge in [0.15, 0.2) is 5.82 Å². The number of nitrogens with zero attached hydrogens (tertiary/aromatic N) is 3. The zero-order chi connectivity index (χ0) is 11.5. The molecule has 0 unspecified atom stereocenters. The summed E-state index contributed by atoms with van der Waals surface area (Å²) >= 11 is 0. The SMILES string of the molecule is CCn1cnnc1-c1c(F)cccc1OC. The lowest BCUT2D eigenvalue weighted by Crippen LogP contribution is -2.00. The van der Waals surface area contributed by atoms with Crippen molar-refractivity contribution in [1.82, 2.24) is 14.8 Å². The van der Waals surface area contributed by atoms with Gasteiger partial charge in [-0.25, -0.2) is 4.39 Å². The summed E-state index contributed by atoms with van der Waals surface area (Å²) in [6.07, 6.45) is 1.57. The Labute approximate surface area is 92.7 Å². The Kier molecular flexibility index (Phi) is 2.85. The molecule has 0 radical (unpaired) electrons. The van der Waals surface area contributed by atoms with Gasteiger partial charge in [0, 0.05) is 6.54 Å². The second kappa shape index (κ2) is 4.30. The zero-order valence-corrected chi connectivity index (χ0v) is 9.14.